The Morgan fingerprint density at radius 1 is 0.833 bits per heavy atom. The molecule has 0 fully saturated rings. The van der Waals surface area contributed by atoms with Gasteiger partial charge in [0.25, 0.3) is 0 Å². The molecule has 0 heterocycles. The second kappa shape index (κ2) is 6.14. The van der Waals surface area contributed by atoms with E-state index < -0.39 is 33.4 Å². The first kappa shape index (κ1) is 14.5. The molecule has 0 saturated carbocycles. The molecule has 0 rings (SSSR count). The summed E-state index contributed by atoms with van der Waals surface area (Å²) in [5.41, 5.74) is 0. The average molecular weight is 445 g/mol. The monoisotopic (exact) mass is 446 g/mol. The van der Waals surface area contributed by atoms with Crippen molar-refractivity contribution >= 4 is 60.1 Å². The summed E-state index contributed by atoms with van der Waals surface area (Å²) in [5.74, 6) is 0. The van der Waals surface area contributed by atoms with Gasteiger partial charge in [0.1, 0.15) is 0 Å². The molecule has 0 nitrogen and oxygen atoms in total. The second-order valence-corrected chi connectivity index (χ2v) is 42.1. The van der Waals surface area contributed by atoms with Gasteiger partial charge in [0, 0.05) is 0 Å². The number of hydrogen-bond donors (Lipinski definition) is 0. The Bertz CT molecular complexity index is 110. The van der Waals surface area contributed by atoms with Crippen LogP contribution in [0.25, 0.3) is 0 Å². The van der Waals surface area contributed by atoms with Gasteiger partial charge >= 0.3 is 96.7 Å². The number of hydrogen-bond acceptors (Lipinski definition) is 0. The summed E-state index contributed by atoms with van der Waals surface area (Å²) in [5, 5.41) is 0. The fourth-order valence-electron chi connectivity index (χ4n) is 0.981. The van der Waals surface area contributed by atoms with Crippen LogP contribution >= 0.6 is 26.8 Å². The van der Waals surface area contributed by atoms with Crippen LogP contribution in [0.3, 0.4) is 0 Å². The van der Waals surface area contributed by atoms with Gasteiger partial charge in [-0.1, -0.05) is 0 Å². The molecule has 0 N–H and O–H groups in total. The molecule has 0 aromatic rings. The molecule has 0 saturated heterocycles. The minimum absolute atomic E-state index is 1.08. The van der Waals surface area contributed by atoms with Crippen molar-refractivity contribution in [3.63, 3.8) is 0 Å². The zero-order valence-electron chi connectivity index (χ0n) is 7.96. The third-order valence-corrected chi connectivity index (χ3v) is 13.4. The van der Waals surface area contributed by atoms with Crippen molar-refractivity contribution in [3.05, 3.63) is 0 Å². The van der Waals surface area contributed by atoms with Crippen molar-refractivity contribution in [2.24, 2.45) is 0 Å². The van der Waals surface area contributed by atoms with Crippen LogP contribution < -0.4 is 0 Å². The summed E-state index contributed by atoms with van der Waals surface area (Å²) in [6.45, 7) is 0. The number of unbranched alkanes of at least 4 members (excludes halogenated alkanes) is 1. The zero-order chi connectivity index (χ0) is 9.83. The van der Waals surface area contributed by atoms with Crippen molar-refractivity contribution < 1.29 is 0 Å². The van der Waals surface area contributed by atoms with Gasteiger partial charge in [0.05, 0.1) is 0 Å². The quantitative estimate of drug-likeness (QED) is 0.423. The molecular weight excluding hydrogens is 428 g/mol. The van der Waals surface area contributed by atoms with Gasteiger partial charge in [-0.25, -0.2) is 0 Å². The summed E-state index contributed by atoms with van der Waals surface area (Å²) in [6.07, 6.45) is 2.42. The summed E-state index contributed by atoms with van der Waals surface area (Å²) < 4.78 is 2.34. The first-order valence-electron chi connectivity index (χ1n) is 4.27. The molecule has 0 unspecified atom stereocenters. The summed E-state index contributed by atoms with van der Waals surface area (Å²) in [6, 6.07) is 0. The van der Waals surface area contributed by atoms with Crippen LogP contribution in [0.2, 0.25) is 23.7 Å². The first-order chi connectivity index (χ1) is 5.21. The van der Waals surface area contributed by atoms with Gasteiger partial charge in [-0.3, -0.25) is 0 Å². The van der Waals surface area contributed by atoms with Crippen molar-refractivity contribution in [1.29, 1.82) is 0 Å². The van der Waals surface area contributed by atoms with E-state index >= 15 is 0 Å². The van der Waals surface area contributed by atoms with E-state index in [0.29, 0.717) is 0 Å². The van der Waals surface area contributed by atoms with Crippen molar-refractivity contribution in [2.45, 2.75) is 36.5 Å². The van der Waals surface area contributed by atoms with Crippen LogP contribution in [0.15, 0.2) is 0 Å². The Kier molecular flexibility index (Phi) is 7.40. The fourth-order valence-corrected chi connectivity index (χ4v) is 9.27. The molecule has 0 aliphatic heterocycles. The van der Waals surface area contributed by atoms with Crippen molar-refractivity contribution in [1.82, 2.24) is 0 Å². The van der Waals surface area contributed by atoms with E-state index in [0.717, 1.165) is 4.44 Å². The predicted molar refractivity (Wildman–Crippen MR) is 65.5 cm³/mol. The SMILES string of the molecule is [CH3][Sn]([CH3])([Cl])[CH2]CC[CH2][Sn]([CH3])([Cl])[Cl]. The van der Waals surface area contributed by atoms with Crippen LogP contribution in [0.1, 0.15) is 12.8 Å². The Hall–Kier alpha value is 2.47. The van der Waals surface area contributed by atoms with E-state index in [2.05, 4.69) is 9.88 Å². The van der Waals surface area contributed by atoms with Gasteiger partial charge in [-0.2, -0.15) is 0 Å². The summed E-state index contributed by atoms with van der Waals surface area (Å²) >= 11 is -4.48. The molecule has 0 aromatic heterocycles. The van der Waals surface area contributed by atoms with E-state index in [9.17, 15) is 0 Å². The predicted octanol–water partition coefficient (Wildman–Crippen LogP) is 4.76. The van der Waals surface area contributed by atoms with Gasteiger partial charge in [-0.05, 0) is 0 Å². The van der Waals surface area contributed by atoms with Gasteiger partial charge in [0.2, 0.25) is 0 Å². The van der Waals surface area contributed by atoms with E-state index in [1.165, 1.54) is 17.3 Å². The van der Waals surface area contributed by atoms with Crippen LogP contribution in [-0.2, 0) is 0 Å². The zero-order valence-corrected chi connectivity index (χ0v) is 15.9. The molecule has 0 bridgehead atoms. The third-order valence-electron chi connectivity index (χ3n) is 1.64. The standard InChI is InChI=1S/C4H8.3CH3.3ClH.2Sn/c1-3-4-2;;;;;;;;/h1-4H2;3*1H3;3*1H;;/q;;;;;;;+1;+2/p-3. The summed E-state index contributed by atoms with van der Waals surface area (Å²) in [7, 11) is 18.3. The van der Waals surface area contributed by atoms with E-state index in [1.807, 2.05) is 4.94 Å². The average Bonchev–Trinajstić information content (AvgIpc) is 1.76. The number of halogens is 3. The molecule has 0 amide bonds. The minimum atomic E-state index is -2.48. The van der Waals surface area contributed by atoms with E-state index in [4.69, 9.17) is 26.8 Å². The normalized spacial score (nSPS) is 13.5. The van der Waals surface area contributed by atoms with Gasteiger partial charge in [0.15, 0.2) is 0 Å². The molecule has 12 heavy (non-hydrogen) atoms. The molecule has 0 aliphatic carbocycles. The maximum absolute atomic E-state index is 6.24. The Labute approximate surface area is 95.2 Å². The number of rotatable bonds is 5. The molecule has 0 radical (unpaired) electrons. The molecular formula is C7H17Cl3Sn2. The Morgan fingerprint density at radius 3 is 1.58 bits per heavy atom. The van der Waals surface area contributed by atoms with Crippen molar-refractivity contribution in [3.8, 4) is 0 Å². The van der Waals surface area contributed by atoms with Crippen molar-refractivity contribution in [2.75, 3.05) is 0 Å². The molecule has 0 aromatic carbocycles. The second-order valence-electron chi connectivity index (χ2n) is 4.00. The topological polar surface area (TPSA) is 0 Å². The van der Waals surface area contributed by atoms with Crippen LogP contribution in [0.5, 0.6) is 0 Å². The fraction of sp³-hybridized carbons (Fsp3) is 1.00. The van der Waals surface area contributed by atoms with Crippen LogP contribution in [0.4, 0.5) is 0 Å². The first-order valence-corrected chi connectivity index (χ1v) is 27.7. The van der Waals surface area contributed by atoms with Crippen LogP contribution in [0, 0.1) is 0 Å². The molecule has 0 spiro atoms. The van der Waals surface area contributed by atoms with Gasteiger partial charge in [-0.15, -0.1) is 0 Å². The molecule has 5 heteroatoms. The van der Waals surface area contributed by atoms with Crippen LogP contribution in [-0.4, -0.2) is 33.4 Å². The molecule has 74 valence electrons. The summed E-state index contributed by atoms with van der Waals surface area (Å²) in [4.78, 5) is 6.55. The van der Waals surface area contributed by atoms with E-state index in [1.54, 1.807) is 0 Å². The Morgan fingerprint density at radius 2 is 1.25 bits per heavy atom. The molecule has 0 aliphatic rings. The Balaban J connectivity index is 3.35. The van der Waals surface area contributed by atoms with E-state index in [-0.39, 0.29) is 0 Å². The maximum atomic E-state index is 6.24. The third kappa shape index (κ3) is 12.5. The molecule has 0 atom stereocenters. The van der Waals surface area contributed by atoms with Gasteiger partial charge < -0.3 is 0 Å².